The van der Waals surface area contributed by atoms with E-state index in [2.05, 4.69) is 15.3 Å². The first-order valence-corrected chi connectivity index (χ1v) is 5.55. The summed E-state index contributed by atoms with van der Waals surface area (Å²) in [5.41, 5.74) is -0.0136. The number of aliphatic hydroxyl groups excluding tert-OH is 1. The molecule has 100 valence electrons. The third-order valence-corrected chi connectivity index (χ3v) is 2.16. The van der Waals surface area contributed by atoms with Crippen molar-refractivity contribution in [2.75, 3.05) is 31.7 Å². The summed E-state index contributed by atoms with van der Waals surface area (Å²) in [7, 11) is 0. The number of aromatic nitrogens is 2. The van der Waals surface area contributed by atoms with Gasteiger partial charge in [-0.3, -0.25) is 10.1 Å². The van der Waals surface area contributed by atoms with E-state index in [1.807, 2.05) is 0 Å². The molecule has 1 aromatic heterocycles. The van der Waals surface area contributed by atoms with Crippen molar-refractivity contribution in [2.24, 2.45) is 0 Å². The second kappa shape index (κ2) is 7.04. The fourth-order valence-electron chi connectivity index (χ4n) is 1.28. The molecule has 0 atom stereocenters. The van der Waals surface area contributed by atoms with E-state index in [4.69, 9.17) is 21.4 Å². The highest BCUT2D eigenvalue weighted by molar-refractivity contribution is 6.28. The Kier molecular flexibility index (Phi) is 5.69. The van der Waals surface area contributed by atoms with Gasteiger partial charge >= 0.3 is 5.69 Å². The Hall–Kier alpha value is -1.51. The molecule has 0 aromatic carbocycles. The molecule has 2 N–H and O–H groups in total. The van der Waals surface area contributed by atoms with Gasteiger partial charge in [0.2, 0.25) is 11.1 Å². The molecule has 0 spiro atoms. The number of ether oxygens (including phenoxy) is 1. The molecule has 0 saturated carbocycles. The van der Waals surface area contributed by atoms with Gasteiger partial charge in [0.25, 0.3) is 0 Å². The summed E-state index contributed by atoms with van der Waals surface area (Å²) in [4.78, 5) is 17.8. The molecule has 1 aromatic rings. The van der Waals surface area contributed by atoms with E-state index in [1.54, 1.807) is 0 Å². The molecule has 9 heteroatoms. The van der Waals surface area contributed by atoms with Crippen LogP contribution in [0.15, 0.2) is 0 Å². The minimum absolute atomic E-state index is 0.0584. The molecular formula is C9H13ClN4O4. The van der Waals surface area contributed by atoms with Gasteiger partial charge in [0.05, 0.1) is 24.7 Å². The van der Waals surface area contributed by atoms with E-state index >= 15 is 0 Å². The summed E-state index contributed by atoms with van der Waals surface area (Å²) in [6.45, 7) is 2.23. The van der Waals surface area contributed by atoms with Crippen molar-refractivity contribution in [2.45, 2.75) is 6.92 Å². The van der Waals surface area contributed by atoms with Crippen LogP contribution < -0.4 is 5.32 Å². The highest BCUT2D eigenvalue weighted by atomic mass is 35.5. The highest BCUT2D eigenvalue weighted by Gasteiger charge is 2.21. The van der Waals surface area contributed by atoms with E-state index in [-0.39, 0.29) is 35.7 Å². The number of anilines is 1. The average Bonchev–Trinajstić information content (AvgIpc) is 2.27. The summed E-state index contributed by atoms with van der Waals surface area (Å²) < 4.78 is 5.01. The van der Waals surface area contributed by atoms with Gasteiger partial charge < -0.3 is 15.2 Å². The first-order valence-electron chi connectivity index (χ1n) is 5.17. The van der Waals surface area contributed by atoms with Gasteiger partial charge in [-0.25, -0.2) is 4.98 Å². The fraction of sp³-hybridized carbons (Fsp3) is 0.556. The van der Waals surface area contributed by atoms with Crippen molar-refractivity contribution in [3.05, 3.63) is 21.1 Å². The zero-order valence-electron chi connectivity index (χ0n) is 9.72. The molecular weight excluding hydrogens is 264 g/mol. The largest absolute Gasteiger partial charge is 0.394 e. The Balaban J connectivity index is 2.71. The molecule has 1 heterocycles. The Morgan fingerprint density at radius 2 is 2.22 bits per heavy atom. The quantitative estimate of drug-likeness (QED) is 0.327. The first-order chi connectivity index (χ1) is 8.56. The second-order valence-corrected chi connectivity index (χ2v) is 3.63. The maximum atomic E-state index is 10.9. The van der Waals surface area contributed by atoms with Gasteiger partial charge in [-0.2, -0.15) is 4.98 Å². The fourth-order valence-corrected chi connectivity index (χ4v) is 1.49. The van der Waals surface area contributed by atoms with Crippen molar-refractivity contribution in [3.63, 3.8) is 0 Å². The number of nitrogens with zero attached hydrogens (tertiary/aromatic N) is 3. The maximum Gasteiger partial charge on any atom is 0.332 e. The average molecular weight is 277 g/mol. The number of hydrogen-bond donors (Lipinski definition) is 2. The van der Waals surface area contributed by atoms with E-state index in [1.165, 1.54) is 6.92 Å². The molecule has 0 bridgehead atoms. The lowest BCUT2D eigenvalue weighted by atomic mass is 10.3. The van der Waals surface area contributed by atoms with Crippen LogP contribution in [0, 0.1) is 17.0 Å². The zero-order chi connectivity index (χ0) is 13.5. The monoisotopic (exact) mass is 276 g/mol. The summed E-state index contributed by atoms with van der Waals surface area (Å²) in [5, 5.41) is 22.1. The Morgan fingerprint density at radius 1 is 1.50 bits per heavy atom. The normalized spacial score (nSPS) is 10.4. The molecule has 0 unspecified atom stereocenters. The molecule has 0 aliphatic carbocycles. The number of nitro groups is 1. The Labute approximate surface area is 108 Å². The standard InChI is InChI=1S/C9H13ClN4O4/c1-6-7(14(16)17)8(13-9(10)12-6)11-2-4-18-5-3-15/h15H,2-5H2,1H3,(H,11,12,13). The van der Waals surface area contributed by atoms with Crippen LogP contribution in [0.3, 0.4) is 0 Å². The predicted octanol–water partition coefficient (Wildman–Crippen LogP) is 0.767. The molecule has 1 rings (SSSR count). The molecule has 0 aliphatic heterocycles. The molecule has 8 nitrogen and oxygen atoms in total. The lowest BCUT2D eigenvalue weighted by molar-refractivity contribution is -0.385. The Bertz CT molecular complexity index is 429. The van der Waals surface area contributed by atoms with Gasteiger partial charge in [-0.15, -0.1) is 0 Å². The highest BCUT2D eigenvalue weighted by Crippen LogP contribution is 2.26. The minimum atomic E-state index is -0.567. The van der Waals surface area contributed by atoms with E-state index in [0.29, 0.717) is 13.2 Å². The van der Waals surface area contributed by atoms with Gasteiger partial charge in [0, 0.05) is 6.54 Å². The molecule has 0 amide bonds. The van der Waals surface area contributed by atoms with Crippen molar-refractivity contribution in [3.8, 4) is 0 Å². The van der Waals surface area contributed by atoms with Crippen molar-refractivity contribution < 1.29 is 14.8 Å². The number of rotatable bonds is 7. The second-order valence-electron chi connectivity index (χ2n) is 3.30. The van der Waals surface area contributed by atoms with Crippen molar-refractivity contribution in [1.29, 1.82) is 0 Å². The summed E-state index contributed by atoms with van der Waals surface area (Å²) in [6, 6.07) is 0. The van der Waals surface area contributed by atoms with E-state index < -0.39 is 4.92 Å². The van der Waals surface area contributed by atoms with E-state index in [0.717, 1.165) is 0 Å². The van der Waals surface area contributed by atoms with Crippen molar-refractivity contribution in [1.82, 2.24) is 9.97 Å². The molecule has 18 heavy (non-hydrogen) atoms. The van der Waals surface area contributed by atoms with Crippen LogP contribution in [0.1, 0.15) is 5.69 Å². The van der Waals surface area contributed by atoms with Gasteiger partial charge in [0.1, 0.15) is 5.69 Å². The molecule has 0 saturated heterocycles. The van der Waals surface area contributed by atoms with Gasteiger partial charge in [-0.05, 0) is 18.5 Å². The predicted molar refractivity (Wildman–Crippen MR) is 64.8 cm³/mol. The van der Waals surface area contributed by atoms with Crippen LogP contribution in [0.4, 0.5) is 11.5 Å². The summed E-state index contributed by atoms with van der Waals surface area (Å²) in [5.74, 6) is 0.0603. The van der Waals surface area contributed by atoms with Gasteiger partial charge in [0.15, 0.2) is 0 Å². The third-order valence-electron chi connectivity index (χ3n) is 1.99. The minimum Gasteiger partial charge on any atom is -0.394 e. The zero-order valence-corrected chi connectivity index (χ0v) is 10.5. The van der Waals surface area contributed by atoms with E-state index in [9.17, 15) is 10.1 Å². The number of halogens is 1. The number of aliphatic hydroxyl groups is 1. The maximum absolute atomic E-state index is 10.9. The lowest BCUT2D eigenvalue weighted by Gasteiger charge is -2.07. The molecule has 0 fully saturated rings. The van der Waals surface area contributed by atoms with Gasteiger partial charge in [-0.1, -0.05) is 0 Å². The summed E-state index contributed by atoms with van der Waals surface area (Å²) in [6.07, 6.45) is 0. The number of aryl methyl sites for hydroxylation is 1. The smallest absolute Gasteiger partial charge is 0.332 e. The van der Waals surface area contributed by atoms with Crippen molar-refractivity contribution >= 4 is 23.1 Å². The first kappa shape index (κ1) is 14.6. The van der Waals surface area contributed by atoms with Crippen LogP contribution in [0.5, 0.6) is 0 Å². The molecule has 0 radical (unpaired) electrons. The molecule has 0 aliphatic rings. The number of nitrogens with one attached hydrogen (secondary N) is 1. The SMILES string of the molecule is Cc1nc(Cl)nc(NCCOCCO)c1[N+](=O)[O-]. The van der Waals surface area contributed by atoms with Crippen LogP contribution in [0.25, 0.3) is 0 Å². The summed E-state index contributed by atoms with van der Waals surface area (Å²) >= 11 is 5.64. The van der Waals surface area contributed by atoms with Crippen LogP contribution in [-0.2, 0) is 4.74 Å². The van der Waals surface area contributed by atoms with Crippen LogP contribution >= 0.6 is 11.6 Å². The third kappa shape index (κ3) is 4.06. The van der Waals surface area contributed by atoms with Crippen LogP contribution in [0.2, 0.25) is 5.28 Å². The topological polar surface area (TPSA) is 110 Å². The number of hydrogen-bond acceptors (Lipinski definition) is 7. The lowest BCUT2D eigenvalue weighted by Crippen LogP contribution is -2.14. The Morgan fingerprint density at radius 3 is 2.83 bits per heavy atom. The van der Waals surface area contributed by atoms with Crippen LogP contribution in [-0.4, -0.2) is 46.4 Å².